The summed E-state index contributed by atoms with van der Waals surface area (Å²) < 4.78 is 13.3. The molecule has 0 aromatic heterocycles. The van der Waals surface area contributed by atoms with Gasteiger partial charge in [0.25, 0.3) is 11.3 Å². The van der Waals surface area contributed by atoms with Gasteiger partial charge < -0.3 is 33.5 Å². The van der Waals surface area contributed by atoms with Crippen LogP contribution >= 0.6 is 7.26 Å². The van der Waals surface area contributed by atoms with Crippen LogP contribution in [0.15, 0.2) is 193 Å². The first-order chi connectivity index (χ1) is 21.7. The van der Waals surface area contributed by atoms with Gasteiger partial charge in [0.15, 0.2) is 7.26 Å². The number of nitrogens with one attached hydrogen (secondary N) is 1. The zero-order valence-electron chi connectivity index (χ0n) is 24.4. The third kappa shape index (κ3) is 7.17. The van der Waals surface area contributed by atoms with Crippen molar-refractivity contribution >= 4 is 29.1 Å². The summed E-state index contributed by atoms with van der Waals surface area (Å²) in [6.07, 6.45) is 0. The van der Waals surface area contributed by atoms with Gasteiger partial charge in [-0.15, -0.1) is 0 Å². The number of para-hydroxylation sites is 2. The molecular formula is C39H31INO3P. The van der Waals surface area contributed by atoms with Crippen LogP contribution in [0, 0.1) is 0 Å². The number of carbonyl (C=O) groups is 1. The molecule has 1 N–H and O–H groups in total. The molecule has 0 unspecified atom stereocenters. The van der Waals surface area contributed by atoms with Crippen LogP contribution in [0.2, 0.25) is 0 Å². The van der Waals surface area contributed by atoms with Gasteiger partial charge >= 0.3 is 5.95 Å². The predicted molar refractivity (Wildman–Crippen MR) is 180 cm³/mol. The molecule has 0 radical (unpaired) electrons. The van der Waals surface area contributed by atoms with Crippen molar-refractivity contribution in [1.82, 2.24) is 5.32 Å². The molecule has 0 saturated carbocycles. The van der Waals surface area contributed by atoms with E-state index < -0.39 is 7.26 Å². The lowest BCUT2D eigenvalue weighted by Crippen LogP contribution is -3.00. The van der Waals surface area contributed by atoms with Crippen molar-refractivity contribution in [3.8, 4) is 11.5 Å². The fourth-order valence-electron chi connectivity index (χ4n) is 5.14. The summed E-state index contributed by atoms with van der Waals surface area (Å²) in [5, 5.41) is 6.45. The highest BCUT2D eigenvalue weighted by Crippen LogP contribution is 2.62. The largest absolute Gasteiger partial charge is 1.00 e. The number of halogens is 1. The molecule has 222 valence electrons. The molecule has 6 rings (SSSR count). The lowest BCUT2D eigenvalue weighted by molar-refractivity contribution is -0.0000181. The van der Waals surface area contributed by atoms with Crippen molar-refractivity contribution in [2.75, 3.05) is 0 Å². The van der Waals surface area contributed by atoms with Crippen molar-refractivity contribution in [3.05, 3.63) is 199 Å². The van der Waals surface area contributed by atoms with Gasteiger partial charge in [0.2, 0.25) is 0 Å². The molecule has 0 bridgehead atoms. The smallest absolute Gasteiger partial charge is 0.354 e. The van der Waals surface area contributed by atoms with Crippen LogP contribution in [0.3, 0.4) is 0 Å². The highest BCUT2D eigenvalue weighted by molar-refractivity contribution is 7.99. The topological polar surface area (TPSA) is 47.6 Å². The zero-order valence-corrected chi connectivity index (χ0v) is 27.4. The number of hydrogen-bond donors (Lipinski definition) is 1. The third-order valence-electron chi connectivity index (χ3n) is 7.13. The summed E-state index contributed by atoms with van der Waals surface area (Å²) in [6, 6.07) is 59.1. The molecule has 0 aliphatic rings. The van der Waals surface area contributed by atoms with Crippen LogP contribution in [0.1, 0.15) is 10.4 Å². The first-order valence-electron chi connectivity index (χ1n) is 14.4. The average Bonchev–Trinajstić information content (AvgIpc) is 3.10. The first kappa shape index (κ1) is 31.7. The molecule has 6 heteroatoms. The minimum atomic E-state index is -2.87. The fraction of sp³-hybridized carbons (Fsp3) is 0. The molecule has 0 atom stereocenters. The molecule has 0 heterocycles. The van der Waals surface area contributed by atoms with Crippen LogP contribution in [0.4, 0.5) is 0 Å². The van der Waals surface area contributed by atoms with Crippen LogP contribution in [-0.2, 0) is 0 Å². The highest BCUT2D eigenvalue weighted by atomic mass is 127. The molecule has 0 aliphatic carbocycles. The van der Waals surface area contributed by atoms with E-state index in [9.17, 15) is 4.79 Å². The minimum Gasteiger partial charge on any atom is -1.00 e. The van der Waals surface area contributed by atoms with E-state index in [0.29, 0.717) is 22.5 Å². The SMILES string of the molecule is O=C(NC(=C(Oc1ccccc1)Oc1ccccc1)[P+](c1ccccc1)(c1ccccc1)c1ccccc1)c1ccccc1.[I-]. The Morgan fingerprint density at radius 3 is 1.11 bits per heavy atom. The van der Waals surface area contributed by atoms with Gasteiger partial charge in [0.05, 0.1) is 0 Å². The van der Waals surface area contributed by atoms with Gasteiger partial charge in [0.1, 0.15) is 27.4 Å². The van der Waals surface area contributed by atoms with Crippen molar-refractivity contribution in [2.24, 2.45) is 0 Å². The molecule has 6 aromatic carbocycles. The first-order valence-corrected chi connectivity index (χ1v) is 16.2. The molecule has 0 fully saturated rings. The van der Waals surface area contributed by atoms with E-state index in [1.807, 2.05) is 133 Å². The molecule has 0 saturated heterocycles. The Hall–Kier alpha value is -4.71. The molecule has 1 amide bonds. The van der Waals surface area contributed by atoms with Gasteiger partial charge in [0, 0.05) is 5.56 Å². The lowest BCUT2D eigenvalue weighted by atomic mass is 10.2. The number of ether oxygens (including phenoxy) is 2. The van der Waals surface area contributed by atoms with Gasteiger partial charge in [-0.2, -0.15) is 0 Å². The van der Waals surface area contributed by atoms with Gasteiger partial charge in [-0.25, -0.2) is 0 Å². The molecular weight excluding hydrogens is 688 g/mol. The average molecular weight is 720 g/mol. The Bertz CT molecular complexity index is 1680. The van der Waals surface area contributed by atoms with Gasteiger partial charge in [-0.1, -0.05) is 109 Å². The molecule has 0 spiro atoms. The predicted octanol–water partition coefficient (Wildman–Crippen LogP) is 4.70. The maximum atomic E-state index is 14.2. The summed E-state index contributed by atoms with van der Waals surface area (Å²) in [6.45, 7) is 0. The minimum absolute atomic E-state index is 0. The summed E-state index contributed by atoms with van der Waals surface area (Å²) >= 11 is 0. The van der Waals surface area contributed by atoms with E-state index in [4.69, 9.17) is 9.47 Å². The molecule has 45 heavy (non-hydrogen) atoms. The quantitative estimate of drug-likeness (QED) is 0.127. The summed E-state index contributed by atoms with van der Waals surface area (Å²) in [5.41, 5.74) is 1.07. The molecule has 0 aliphatic heterocycles. The van der Waals surface area contributed by atoms with Gasteiger partial charge in [-0.05, 0) is 72.8 Å². The fourth-order valence-corrected chi connectivity index (χ4v) is 9.30. The maximum absolute atomic E-state index is 14.2. The zero-order chi connectivity index (χ0) is 30.0. The number of carbonyl (C=O) groups excluding carboxylic acids is 1. The van der Waals surface area contributed by atoms with E-state index in [2.05, 4.69) is 41.7 Å². The van der Waals surface area contributed by atoms with Crippen LogP contribution in [0.25, 0.3) is 0 Å². The van der Waals surface area contributed by atoms with Crippen LogP contribution in [0.5, 0.6) is 11.5 Å². The highest BCUT2D eigenvalue weighted by Gasteiger charge is 2.54. The van der Waals surface area contributed by atoms with Crippen molar-refractivity contribution in [2.45, 2.75) is 0 Å². The number of hydrogen-bond acceptors (Lipinski definition) is 3. The van der Waals surface area contributed by atoms with Crippen molar-refractivity contribution in [1.29, 1.82) is 0 Å². The Kier molecular flexibility index (Phi) is 10.8. The second-order valence-corrected chi connectivity index (χ2v) is 13.3. The standard InChI is InChI=1S/C39H30NO3P.HI/c41-37(31-19-7-1-8-20-31)40-38(39(42-32-21-9-2-10-22-32)43-33-23-11-3-12-24-33)44(34-25-13-4-14-26-34,35-27-15-5-16-28-35)36-29-17-6-18-30-36;/h1-30H;1H. The normalized spacial score (nSPS) is 10.6. The Labute approximate surface area is 281 Å². The Morgan fingerprint density at radius 2 is 0.756 bits per heavy atom. The second kappa shape index (κ2) is 15.3. The van der Waals surface area contributed by atoms with E-state index in [1.165, 1.54) is 0 Å². The van der Waals surface area contributed by atoms with Gasteiger partial charge in [-0.3, -0.25) is 10.1 Å². The van der Waals surface area contributed by atoms with E-state index in [-0.39, 0.29) is 35.8 Å². The summed E-state index contributed by atoms with van der Waals surface area (Å²) in [4.78, 5) is 14.2. The van der Waals surface area contributed by atoms with Crippen molar-refractivity contribution < 1.29 is 38.2 Å². The molecule has 6 aromatic rings. The maximum Gasteiger partial charge on any atom is 0.354 e. The monoisotopic (exact) mass is 719 g/mol. The van der Waals surface area contributed by atoms with Crippen LogP contribution < -0.4 is 54.7 Å². The van der Waals surface area contributed by atoms with E-state index in [1.54, 1.807) is 12.1 Å². The Morgan fingerprint density at radius 1 is 0.444 bits per heavy atom. The van der Waals surface area contributed by atoms with E-state index >= 15 is 0 Å². The van der Waals surface area contributed by atoms with Crippen molar-refractivity contribution in [3.63, 3.8) is 0 Å². The summed E-state index contributed by atoms with van der Waals surface area (Å²) in [7, 11) is -2.87. The number of rotatable bonds is 10. The lowest BCUT2D eigenvalue weighted by Gasteiger charge is -2.30. The van der Waals surface area contributed by atoms with Crippen LogP contribution in [-0.4, -0.2) is 5.91 Å². The molecule has 4 nitrogen and oxygen atoms in total. The third-order valence-corrected chi connectivity index (χ3v) is 11.3. The number of amides is 1. The number of benzene rings is 6. The summed E-state index contributed by atoms with van der Waals surface area (Å²) in [5.74, 6) is 1.09. The second-order valence-electron chi connectivity index (χ2n) is 9.96. The Balaban J connectivity index is 0.00000400. The van der Waals surface area contributed by atoms with E-state index in [0.717, 1.165) is 15.9 Å².